The topological polar surface area (TPSA) is 42.0 Å². The summed E-state index contributed by atoms with van der Waals surface area (Å²) in [6, 6.07) is 6.18. The van der Waals surface area contributed by atoms with Crippen LogP contribution in [0.25, 0.3) is 0 Å². The highest BCUT2D eigenvalue weighted by molar-refractivity contribution is 5.79. The quantitative estimate of drug-likeness (QED) is 0.846. The van der Waals surface area contributed by atoms with E-state index in [1.807, 2.05) is 6.07 Å². The minimum atomic E-state index is 0.322. The van der Waals surface area contributed by atoms with E-state index in [0.717, 1.165) is 56.6 Å². The van der Waals surface area contributed by atoms with Crippen LogP contribution in [0.1, 0.15) is 31.2 Å². The number of fused-ring (bicyclic) bond motifs is 3. The molecule has 2 saturated carbocycles. The molecule has 25 heavy (non-hydrogen) atoms. The third-order valence-corrected chi connectivity index (χ3v) is 6.58. The second kappa shape index (κ2) is 6.20. The summed E-state index contributed by atoms with van der Waals surface area (Å²) >= 11 is 0. The van der Waals surface area contributed by atoms with Gasteiger partial charge in [-0.1, -0.05) is 12.5 Å². The van der Waals surface area contributed by atoms with Crippen molar-refractivity contribution < 1.29 is 14.3 Å². The highest BCUT2D eigenvalue weighted by atomic mass is 16.7. The molecular formula is C20H26N2O3. The van der Waals surface area contributed by atoms with Crippen molar-refractivity contribution in [3.8, 4) is 11.5 Å². The fourth-order valence-corrected chi connectivity index (χ4v) is 5.21. The molecule has 2 aliphatic carbocycles. The van der Waals surface area contributed by atoms with Crippen molar-refractivity contribution in [3.63, 3.8) is 0 Å². The van der Waals surface area contributed by atoms with Crippen LogP contribution < -0.4 is 9.47 Å². The second-order valence-electron chi connectivity index (χ2n) is 8.07. The molecule has 2 heterocycles. The number of benzene rings is 1. The van der Waals surface area contributed by atoms with Gasteiger partial charge in [0.25, 0.3) is 0 Å². The van der Waals surface area contributed by atoms with Gasteiger partial charge in [-0.25, -0.2) is 0 Å². The van der Waals surface area contributed by atoms with E-state index in [2.05, 4.69) is 21.9 Å². The minimum absolute atomic E-state index is 0.322. The summed E-state index contributed by atoms with van der Waals surface area (Å²) in [5, 5.41) is 0. The average Bonchev–Trinajstić information content (AvgIpc) is 3.38. The largest absolute Gasteiger partial charge is 0.454 e. The van der Waals surface area contributed by atoms with Crippen molar-refractivity contribution in [2.45, 2.75) is 32.2 Å². The molecule has 5 nitrogen and oxygen atoms in total. The number of amides is 1. The lowest BCUT2D eigenvalue weighted by atomic mass is 9.87. The van der Waals surface area contributed by atoms with Crippen LogP contribution in [0.15, 0.2) is 18.2 Å². The molecule has 0 radical (unpaired) electrons. The first kappa shape index (κ1) is 15.5. The molecule has 5 heteroatoms. The van der Waals surface area contributed by atoms with Gasteiger partial charge in [0.2, 0.25) is 12.7 Å². The number of carbonyl (C=O) groups excluding carboxylic acids is 1. The van der Waals surface area contributed by atoms with Crippen molar-refractivity contribution in [3.05, 3.63) is 23.8 Å². The third-order valence-electron chi connectivity index (χ3n) is 6.58. The Morgan fingerprint density at radius 2 is 1.88 bits per heavy atom. The van der Waals surface area contributed by atoms with Gasteiger partial charge in [-0.2, -0.15) is 0 Å². The highest BCUT2D eigenvalue weighted by Crippen LogP contribution is 2.48. The van der Waals surface area contributed by atoms with Crippen LogP contribution in [0.3, 0.4) is 0 Å². The van der Waals surface area contributed by atoms with Crippen LogP contribution in [0.2, 0.25) is 0 Å². The van der Waals surface area contributed by atoms with Crippen molar-refractivity contribution >= 4 is 5.91 Å². The average molecular weight is 342 g/mol. The molecule has 1 aromatic carbocycles. The van der Waals surface area contributed by atoms with Crippen molar-refractivity contribution in [2.75, 3.05) is 33.0 Å². The fourth-order valence-electron chi connectivity index (χ4n) is 5.21. The number of rotatable bonds is 3. The zero-order valence-electron chi connectivity index (χ0n) is 14.7. The molecule has 4 aliphatic rings. The Morgan fingerprint density at radius 1 is 1.04 bits per heavy atom. The van der Waals surface area contributed by atoms with Gasteiger partial charge in [0.15, 0.2) is 11.5 Å². The Balaban J connectivity index is 1.15. The van der Waals surface area contributed by atoms with E-state index in [9.17, 15) is 4.79 Å². The lowest BCUT2D eigenvalue weighted by Crippen LogP contribution is -2.50. The Morgan fingerprint density at radius 3 is 2.64 bits per heavy atom. The van der Waals surface area contributed by atoms with Gasteiger partial charge in [-0.05, 0) is 48.8 Å². The maximum Gasteiger partial charge on any atom is 0.231 e. The Bertz CT molecular complexity index is 669. The van der Waals surface area contributed by atoms with E-state index in [1.54, 1.807) is 0 Å². The van der Waals surface area contributed by atoms with Crippen molar-refractivity contribution in [2.24, 2.45) is 17.8 Å². The number of carbonyl (C=O) groups is 1. The van der Waals surface area contributed by atoms with Crippen LogP contribution in [-0.4, -0.2) is 48.7 Å². The number of nitrogens with zero attached hydrogens (tertiary/aromatic N) is 2. The molecule has 0 unspecified atom stereocenters. The Kier molecular flexibility index (Phi) is 3.85. The standard InChI is InChI=1S/C20H26N2O3/c23-20(17-10-14-1-3-16(17)9-14)22-7-5-21(6-8-22)12-15-2-4-18-19(11-15)25-13-24-18/h2,4,11,14,16-17H,1,3,5-10,12-13H2/t14-,16+,17+/m0/s1. The summed E-state index contributed by atoms with van der Waals surface area (Å²) in [4.78, 5) is 17.4. The summed E-state index contributed by atoms with van der Waals surface area (Å²) in [6.45, 7) is 4.89. The predicted octanol–water partition coefficient (Wildman–Crippen LogP) is 2.50. The predicted molar refractivity (Wildman–Crippen MR) is 93.4 cm³/mol. The van der Waals surface area contributed by atoms with Crippen LogP contribution in [-0.2, 0) is 11.3 Å². The fraction of sp³-hybridized carbons (Fsp3) is 0.650. The van der Waals surface area contributed by atoms with E-state index >= 15 is 0 Å². The number of hydrogen-bond acceptors (Lipinski definition) is 4. The van der Waals surface area contributed by atoms with Gasteiger partial charge in [-0.3, -0.25) is 9.69 Å². The molecule has 1 saturated heterocycles. The zero-order chi connectivity index (χ0) is 16.8. The summed E-state index contributed by atoms with van der Waals surface area (Å²) < 4.78 is 10.8. The van der Waals surface area contributed by atoms with E-state index < -0.39 is 0 Å². The molecule has 2 aliphatic heterocycles. The molecule has 0 N–H and O–H groups in total. The normalized spacial score (nSPS) is 30.9. The van der Waals surface area contributed by atoms with Gasteiger partial charge in [0, 0.05) is 38.6 Å². The molecule has 0 spiro atoms. The van der Waals surface area contributed by atoms with Crippen molar-refractivity contribution in [1.29, 1.82) is 0 Å². The van der Waals surface area contributed by atoms with Crippen LogP contribution >= 0.6 is 0 Å². The smallest absolute Gasteiger partial charge is 0.231 e. The summed E-state index contributed by atoms with van der Waals surface area (Å²) in [5.41, 5.74) is 1.25. The maximum atomic E-state index is 12.9. The molecule has 3 atom stereocenters. The molecular weight excluding hydrogens is 316 g/mol. The molecule has 2 bridgehead atoms. The summed E-state index contributed by atoms with van der Waals surface area (Å²) in [6.07, 6.45) is 5.10. The van der Waals surface area contributed by atoms with Gasteiger partial charge in [0.05, 0.1) is 0 Å². The first-order chi connectivity index (χ1) is 12.3. The second-order valence-corrected chi connectivity index (χ2v) is 8.07. The molecule has 1 amide bonds. The monoisotopic (exact) mass is 342 g/mol. The third kappa shape index (κ3) is 2.88. The van der Waals surface area contributed by atoms with Gasteiger partial charge in [-0.15, -0.1) is 0 Å². The number of hydrogen-bond donors (Lipinski definition) is 0. The SMILES string of the molecule is O=C([C@@H]1C[C@H]2CC[C@@H]1C2)N1CCN(Cc2ccc3c(c2)OCO3)CC1. The van der Waals surface area contributed by atoms with E-state index in [-0.39, 0.29) is 0 Å². The van der Waals surface area contributed by atoms with E-state index in [0.29, 0.717) is 24.5 Å². The number of piperazine rings is 1. The number of ether oxygens (including phenoxy) is 2. The van der Waals surface area contributed by atoms with Crippen LogP contribution in [0.5, 0.6) is 11.5 Å². The first-order valence-electron chi connectivity index (χ1n) is 9.66. The molecule has 3 fully saturated rings. The molecule has 1 aromatic rings. The van der Waals surface area contributed by atoms with Crippen LogP contribution in [0.4, 0.5) is 0 Å². The Labute approximate surface area is 148 Å². The molecule has 0 aromatic heterocycles. The lowest BCUT2D eigenvalue weighted by Gasteiger charge is -2.37. The van der Waals surface area contributed by atoms with Crippen molar-refractivity contribution in [1.82, 2.24) is 9.80 Å². The van der Waals surface area contributed by atoms with E-state index in [4.69, 9.17) is 9.47 Å². The molecule has 5 rings (SSSR count). The van der Waals surface area contributed by atoms with Gasteiger partial charge >= 0.3 is 0 Å². The minimum Gasteiger partial charge on any atom is -0.454 e. The van der Waals surface area contributed by atoms with Crippen LogP contribution in [0, 0.1) is 17.8 Å². The maximum absolute atomic E-state index is 12.9. The van der Waals surface area contributed by atoms with Gasteiger partial charge in [0.1, 0.15) is 0 Å². The Hall–Kier alpha value is -1.75. The zero-order valence-corrected chi connectivity index (χ0v) is 14.7. The highest BCUT2D eigenvalue weighted by Gasteiger charge is 2.44. The molecule has 134 valence electrons. The first-order valence-corrected chi connectivity index (χ1v) is 9.66. The van der Waals surface area contributed by atoms with E-state index in [1.165, 1.54) is 24.8 Å². The summed E-state index contributed by atoms with van der Waals surface area (Å²) in [7, 11) is 0. The summed E-state index contributed by atoms with van der Waals surface area (Å²) in [5.74, 6) is 3.98. The van der Waals surface area contributed by atoms with Gasteiger partial charge < -0.3 is 14.4 Å². The lowest BCUT2D eigenvalue weighted by molar-refractivity contribution is -0.139.